The lowest BCUT2D eigenvalue weighted by atomic mass is 10.1. The van der Waals surface area contributed by atoms with Crippen molar-refractivity contribution in [1.29, 1.82) is 0 Å². The predicted octanol–water partition coefficient (Wildman–Crippen LogP) is 3.51. The van der Waals surface area contributed by atoms with Gasteiger partial charge in [-0.2, -0.15) is 5.10 Å². The monoisotopic (exact) mass is 360 g/mol. The molecule has 0 saturated heterocycles. The number of nitrogens with zero attached hydrogens (tertiary/aromatic N) is 2. The Bertz CT molecular complexity index is 878. The molecule has 1 aromatic heterocycles. The van der Waals surface area contributed by atoms with Crippen LogP contribution in [0.2, 0.25) is 10.0 Å². The van der Waals surface area contributed by atoms with Crippen LogP contribution in [0.4, 0.5) is 0 Å². The number of carbonyl (C=O) groups is 1. The number of nitrogen functional groups attached to an aromatic ring is 1. The number of hydrogen-bond acceptors (Lipinski definition) is 3. The zero-order chi connectivity index (χ0) is 17.1. The minimum atomic E-state index is -0.422. The third-order valence-corrected chi connectivity index (χ3v) is 4.14. The molecule has 1 amide bonds. The first-order chi connectivity index (χ1) is 11.6. The highest BCUT2D eigenvalue weighted by Crippen LogP contribution is 2.24. The molecule has 0 spiro atoms. The van der Waals surface area contributed by atoms with Gasteiger partial charge in [0.2, 0.25) is 0 Å². The quantitative estimate of drug-likeness (QED) is 0.424. The lowest BCUT2D eigenvalue weighted by Crippen LogP contribution is -2.32. The molecule has 0 aliphatic heterocycles. The van der Waals surface area contributed by atoms with E-state index in [1.54, 1.807) is 28.9 Å². The van der Waals surface area contributed by atoms with E-state index in [9.17, 15) is 4.79 Å². The SMILES string of the molecule is NNC(=O)c1cc(-c2ccccc2)nn1Cc1ccc(Cl)cc1Cl. The summed E-state index contributed by atoms with van der Waals surface area (Å²) in [6, 6.07) is 16.5. The van der Waals surface area contributed by atoms with Crippen molar-refractivity contribution in [2.24, 2.45) is 5.84 Å². The molecule has 0 aliphatic carbocycles. The van der Waals surface area contributed by atoms with Crippen molar-refractivity contribution in [3.63, 3.8) is 0 Å². The van der Waals surface area contributed by atoms with Gasteiger partial charge in [-0.3, -0.25) is 14.9 Å². The molecule has 3 rings (SSSR count). The standard InChI is InChI=1S/C17H14Cl2N4O/c18-13-7-6-12(14(19)8-13)10-23-16(17(24)21-20)9-15(22-23)11-4-2-1-3-5-11/h1-9H,10,20H2,(H,21,24). The van der Waals surface area contributed by atoms with Crippen molar-refractivity contribution in [2.75, 3.05) is 0 Å². The lowest BCUT2D eigenvalue weighted by Gasteiger charge is -2.08. The number of hydrazine groups is 1. The first-order valence-corrected chi connectivity index (χ1v) is 7.92. The number of hydrogen-bond donors (Lipinski definition) is 2. The van der Waals surface area contributed by atoms with E-state index in [2.05, 4.69) is 10.5 Å². The van der Waals surface area contributed by atoms with Crippen molar-refractivity contribution in [3.05, 3.63) is 75.9 Å². The Kier molecular flexibility index (Phi) is 4.85. The number of nitrogens with one attached hydrogen (secondary N) is 1. The minimum absolute atomic E-state index is 0.325. The first-order valence-electron chi connectivity index (χ1n) is 7.16. The highest BCUT2D eigenvalue weighted by atomic mass is 35.5. The maximum absolute atomic E-state index is 12.1. The van der Waals surface area contributed by atoms with E-state index >= 15 is 0 Å². The Balaban J connectivity index is 2.02. The molecule has 3 N–H and O–H groups in total. The Morgan fingerprint density at radius 3 is 2.54 bits per heavy atom. The van der Waals surface area contributed by atoms with Crippen LogP contribution < -0.4 is 11.3 Å². The van der Waals surface area contributed by atoms with Crippen molar-refractivity contribution < 1.29 is 4.79 Å². The van der Waals surface area contributed by atoms with Gasteiger partial charge < -0.3 is 0 Å². The fraction of sp³-hybridized carbons (Fsp3) is 0.0588. The summed E-state index contributed by atoms with van der Waals surface area (Å²) < 4.78 is 1.57. The fourth-order valence-corrected chi connectivity index (χ4v) is 2.82. The van der Waals surface area contributed by atoms with E-state index in [0.717, 1.165) is 11.1 Å². The summed E-state index contributed by atoms with van der Waals surface area (Å²) in [7, 11) is 0. The molecule has 0 atom stereocenters. The Hall–Kier alpha value is -2.34. The van der Waals surface area contributed by atoms with E-state index in [-0.39, 0.29) is 0 Å². The third-order valence-electron chi connectivity index (χ3n) is 3.55. The summed E-state index contributed by atoms with van der Waals surface area (Å²) in [5.41, 5.74) is 4.88. The van der Waals surface area contributed by atoms with Gasteiger partial charge in [0.05, 0.1) is 12.2 Å². The first kappa shape index (κ1) is 16.5. The minimum Gasteiger partial charge on any atom is -0.289 e. The summed E-state index contributed by atoms with van der Waals surface area (Å²) in [4.78, 5) is 12.1. The van der Waals surface area contributed by atoms with Gasteiger partial charge in [-0.05, 0) is 23.8 Å². The van der Waals surface area contributed by atoms with Gasteiger partial charge in [0.1, 0.15) is 5.69 Å². The zero-order valence-corrected chi connectivity index (χ0v) is 14.1. The van der Waals surface area contributed by atoms with E-state index in [0.29, 0.717) is 28.0 Å². The highest BCUT2D eigenvalue weighted by molar-refractivity contribution is 6.35. The number of benzene rings is 2. The topological polar surface area (TPSA) is 72.9 Å². The zero-order valence-electron chi connectivity index (χ0n) is 12.5. The van der Waals surface area contributed by atoms with Crippen LogP contribution in [-0.2, 0) is 6.54 Å². The lowest BCUT2D eigenvalue weighted by molar-refractivity contribution is 0.0943. The molecule has 2 aromatic carbocycles. The average Bonchev–Trinajstić information content (AvgIpc) is 3.01. The number of halogens is 2. The summed E-state index contributed by atoms with van der Waals surface area (Å²) in [5.74, 6) is 4.86. The number of rotatable bonds is 4. The van der Waals surface area contributed by atoms with Gasteiger partial charge in [0, 0.05) is 15.6 Å². The summed E-state index contributed by atoms with van der Waals surface area (Å²) >= 11 is 12.1. The molecule has 3 aromatic rings. The third kappa shape index (κ3) is 3.43. The molecule has 0 saturated carbocycles. The molecule has 122 valence electrons. The average molecular weight is 361 g/mol. The number of carbonyl (C=O) groups excluding carboxylic acids is 1. The Morgan fingerprint density at radius 1 is 1.12 bits per heavy atom. The number of nitrogens with two attached hydrogens (primary N) is 1. The fourth-order valence-electron chi connectivity index (χ4n) is 2.36. The predicted molar refractivity (Wildman–Crippen MR) is 94.9 cm³/mol. The second-order valence-corrected chi connectivity index (χ2v) is 5.99. The molecule has 7 heteroatoms. The van der Waals surface area contributed by atoms with Crippen LogP contribution in [0.3, 0.4) is 0 Å². The summed E-state index contributed by atoms with van der Waals surface area (Å²) in [6.45, 7) is 0.325. The van der Waals surface area contributed by atoms with Crippen LogP contribution in [0.5, 0.6) is 0 Å². The van der Waals surface area contributed by atoms with Gasteiger partial charge in [-0.15, -0.1) is 0 Å². The maximum atomic E-state index is 12.1. The molecule has 5 nitrogen and oxygen atoms in total. The van der Waals surface area contributed by atoms with Gasteiger partial charge in [-0.1, -0.05) is 59.6 Å². The maximum Gasteiger partial charge on any atom is 0.283 e. The van der Waals surface area contributed by atoms with E-state index in [4.69, 9.17) is 29.0 Å². The molecular formula is C17H14Cl2N4O. The molecule has 0 bridgehead atoms. The van der Waals surface area contributed by atoms with E-state index < -0.39 is 5.91 Å². The van der Waals surface area contributed by atoms with Crippen LogP contribution >= 0.6 is 23.2 Å². The summed E-state index contributed by atoms with van der Waals surface area (Å²) in [5, 5.41) is 5.58. The number of aromatic nitrogens is 2. The summed E-state index contributed by atoms with van der Waals surface area (Å²) in [6.07, 6.45) is 0. The van der Waals surface area contributed by atoms with Crippen molar-refractivity contribution >= 4 is 29.1 Å². The number of amides is 1. The van der Waals surface area contributed by atoms with Crippen molar-refractivity contribution in [1.82, 2.24) is 15.2 Å². The van der Waals surface area contributed by atoms with Gasteiger partial charge in [0.15, 0.2) is 0 Å². The normalized spacial score (nSPS) is 10.6. The molecule has 0 aliphatic rings. The molecule has 0 unspecified atom stereocenters. The van der Waals surface area contributed by atoms with Crippen LogP contribution in [-0.4, -0.2) is 15.7 Å². The smallest absolute Gasteiger partial charge is 0.283 e. The van der Waals surface area contributed by atoms with Crippen molar-refractivity contribution in [3.8, 4) is 11.3 Å². The molecular weight excluding hydrogens is 347 g/mol. The van der Waals surface area contributed by atoms with Crippen LogP contribution in [0.1, 0.15) is 16.1 Å². The molecule has 0 radical (unpaired) electrons. The van der Waals surface area contributed by atoms with Crippen molar-refractivity contribution in [2.45, 2.75) is 6.54 Å². The largest absolute Gasteiger partial charge is 0.289 e. The van der Waals surface area contributed by atoms with Gasteiger partial charge >= 0.3 is 0 Å². The van der Waals surface area contributed by atoms with Crippen LogP contribution in [0, 0.1) is 0 Å². The highest BCUT2D eigenvalue weighted by Gasteiger charge is 2.16. The molecule has 24 heavy (non-hydrogen) atoms. The Morgan fingerprint density at radius 2 is 1.88 bits per heavy atom. The van der Waals surface area contributed by atoms with E-state index in [1.807, 2.05) is 30.3 Å². The molecule has 0 fully saturated rings. The molecule has 1 heterocycles. The van der Waals surface area contributed by atoms with Gasteiger partial charge in [0.25, 0.3) is 5.91 Å². The van der Waals surface area contributed by atoms with Crippen LogP contribution in [0.25, 0.3) is 11.3 Å². The second kappa shape index (κ2) is 7.05. The Labute approximate surface area is 149 Å². The van der Waals surface area contributed by atoms with Gasteiger partial charge in [-0.25, -0.2) is 5.84 Å². The van der Waals surface area contributed by atoms with E-state index in [1.165, 1.54) is 0 Å². The second-order valence-electron chi connectivity index (χ2n) is 5.15. The van der Waals surface area contributed by atoms with Crippen LogP contribution in [0.15, 0.2) is 54.6 Å².